The molecule has 1 amide bonds. The highest BCUT2D eigenvalue weighted by molar-refractivity contribution is 7.89. The van der Waals surface area contributed by atoms with E-state index in [4.69, 9.17) is 23.2 Å². The number of anilines is 1. The van der Waals surface area contributed by atoms with Gasteiger partial charge < -0.3 is 5.32 Å². The van der Waals surface area contributed by atoms with E-state index in [0.29, 0.717) is 27.0 Å². The Balaban J connectivity index is 1.45. The van der Waals surface area contributed by atoms with E-state index in [0.717, 1.165) is 11.1 Å². The quantitative estimate of drug-likeness (QED) is 0.302. The van der Waals surface area contributed by atoms with Crippen molar-refractivity contribution in [1.29, 1.82) is 0 Å². The number of carbonyl (C=O) groups excluding carboxylic acids is 1. The minimum absolute atomic E-state index is 0.128. The molecule has 3 aromatic carbocycles. The highest BCUT2D eigenvalue weighted by atomic mass is 35.5. The number of carbonyl (C=O) groups is 1. The lowest BCUT2D eigenvalue weighted by molar-refractivity contribution is 0.102. The van der Waals surface area contributed by atoms with Crippen molar-refractivity contribution < 1.29 is 13.2 Å². The van der Waals surface area contributed by atoms with Crippen molar-refractivity contribution in [3.8, 4) is 11.1 Å². The predicted molar refractivity (Wildman–Crippen MR) is 136 cm³/mol. The Morgan fingerprint density at radius 1 is 0.914 bits per heavy atom. The summed E-state index contributed by atoms with van der Waals surface area (Å²) < 4.78 is 28.4. The van der Waals surface area contributed by atoms with Gasteiger partial charge in [0.2, 0.25) is 10.0 Å². The molecule has 4 aromatic rings. The van der Waals surface area contributed by atoms with Crippen LogP contribution in [-0.4, -0.2) is 29.7 Å². The monoisotopic (exact) mass is 529 g/mol. The molecule has 0 saturated carbocycles. The van der Waals surface area contributed by atoms with Gasteiger partial charge in [-0.15, -0.1) is 0 Å². The first kappa shape index (κ1) is 24.9. The van der Waals surface area contributed by atoms with E-state index in [1.54, 1.807) is 50.2 Å². The van der Waals surface area contributed by atoms with Crippen LogP contribution < -0.4 is 10.0 Å². The first-order chi connectivity index (χ1) is 16.5. The Morgan fingerprint density at radius 3 is 2.11 bits per heavy atom. The molecule has 1 heterocycles. The zero-order chi connectivity index (χ0) is 25.2. The lowest BCUT2D eigenvalue weighted by Crippen LogP contribution is -2.41. The number of aromatic amines is 1. The number of nitrogens with zero attached hydrogens (tertiary/aromatic N) is 2. The van der Waals surface area contributed by atoms with E-state index in [2.05, 4.69) is 25.4 Å². The largest absolute Gasteiger partial charge is 0.322 e. The van der Waals surface area contributed by atoms with Gasteiger partial charge in [-0.3, -0.25) is 4.79 Å². The van der Waals surface area contributed by atoms with Crippen molar-refractivity contribution in [3.05, 3.63) is 94.2 Å². The third-order valence-electron chi connectivity index (χ3n) is 5.27. The lowest BCUT2D eigenvalue weighted by atomic mass is 10.0. The molecule has 35 heavy (non-hydrogen) atoms. The van der Waals surface area contributed by atoms with Gasteiger partial charge in [-0.2, -0.15) is 20.1 Å². The lowest BCUT2D eigenvalue weighted by Gasteiger charge is -2.23. The third kappa shape index (κ3) is 5.71. The fraction of sp³-hybridized carbons (Fsp3) is 0.125. The number of nitrogens with one attached hydrogen (secondary N) is 3. The molecule has 0 aliphatic rings. The summed E-state index contributed by atoms with van der Waals surface area (Å²) in [6.07, 6.45) is 1.47. The minimum atomic E-state index is -3.79. The van der Waals surface area contributed by atoms with E-state index in [-0.39, 0.29) is 10.8 Å². The third-order valence-corrected chi connectivity index (χ3v) is 7.68. The molecule has 3 N–H and O–H groups in total. The van der Waals surface area contributed by atoms with Gasteiger partial charge >= 0.3 is 0 Å². The van der Waals surface area contributed by atoms with E-state index >= 15 is 0 Å². The topological polar surface area (TPSA) is 117 Å². The molecule has 0 spiro atoms. The van der Waals surface area contributed by atoms with Gasteiger partial charge in [0.15, 0.2) is 0 Å². The zero-order valence-corrected chi connectivity index (χ0v) is 21.0. The van der Waals surface area contributed by atoms with Gasteiger partial charge in [-0.1, -0.05) is 47.5 Å². The fourth-order valence-corrected chi connectivity index (χ4v) is 5.05. The van der Waals surface area contributed by atoms with Crippen molar-refractivity contribution in [3.63, 3.8) is 0 Å². The van der Waals surface area contributed by atoms with Gasteiger partial charge in [0.1, 0.15) is 5.69 Å². The van der Waals surface area contributed by atoms with E-state index in [1.165, 1.54) is 24.4 Å². The molecule has 0 fully saturated rings. The molecule has 0 aliphatic heterocycles. The number of hydrogen-bond acceptors (Lipinski definition) is 5. The van der Waals surface area contributed by atoms with Crippen LogP contribution in [0.3, 0.4) is 0 Å². The van der Waals surface area contributed by atoms with Crippen LogP contribution in [0.25, 0.3) is 11.1 Å². The van der Waals surface area contributed by atoms with Crippen LogP contribution >= 0.6 is 23.2 Å². The van der Waals surface area contributed by atoms with E-state index in [9.17, 15) is 13.2 Å². The van der Waals surface area contributed by atoms with Gasteiger partial charge in [-0.25, -0.2) is 8.42 Å². The Labute approximate surface area is 212 Å². The summed E-state index contributed by atoms with van der Waals surface area (Å²) in [5.74, 6) is -0.313. The summed E-state index contributed by atoms with van der Waals surface area (Å²) in [5, 5.41) is 13.7. The standard InChI is InChI=1S/C24H21Cl2N5O3S/c1-24(2,22-14-27-31-29-22)30-35(33,34)19-10-5-16(6-11-19)15-3-8-18(9-4-15)28-23(32)17-7-12-20(25)21(26)13-17/h3-14,30H,1-2H3,(H,28,32)(H,27,29,31). The molecule has 4 rings (SSSR count). The SMILES string of the molecule is CC(C)(NS(=O)(=O)c1ccc(-c2ccc(NC(=O)c3ccc(Cl)c(Cl)c3)cc2)cc1)c1cn[nH]n1. The maximum absolute atomic E-state index is 12.9. The highest BCUT2D eigenvalue weighted by Crippen LogP contribution is 2.26. The number of rotatable bonds is 7. The number of aromatic nitrogens is 3. The Kier molecular flexibility index (Phi) is 6.95. The van der Waals surface area contributed by atoms with Gasteiger partial charge in [0, 0.05) is 11.3 Å². The van der Waals surface area contributed by atoms with Crippen molar-refractivity contribution in [2.24, 2.45) is 0 Å². The summed E-state index contributed by atoms with van der Waals surface area (Å²) in [4.78, 5) is 12.6. The van der Waals surface area contributed by atoms with Crippen LogP contribution in [0.2, 0.25) is 10.0 Å². The smallest absolute Gasteiger partial charge is 0.255 e. The average Bonchev–Trinajstić information content (AvgIpc) is 3.37. The maximum Gasteiger partial charge on any atom is 0.255 e. The van der Waals surface area contributed by atoms with Gasteiger partial charge in [0.25, 0.3) is 5.91 Å². The second-order valence-corrected chi connectivity index (χ2v) is 10.8. The van der Waals surface area contributed by atoms with Crippen LogP contribution in [0.5, 0.6) is 0 Å². The first-order valence-electron chi connectivity index (χ1n) is 10.4. The number of sulfonamides is 1. The maximum atomic E-state index is 12.9. The summed E-state index contributed by atoms with van der Waals surface area (Å²) >= 11 is 11.9. The van der Waals surface area contributed by atoms with Crippen LogP contribution in [0, 0.1) is 0 Å². The van der Waals surface area contributed by atoms with Crippen LogP contribution in [-0.2, 0) is 15.6 Å². The van der Waals surface area contributed by atoms with Crippen molar-refractivity contribution in [2.45, 2.75) is 24.3 Å². The number of benzene rings is 3. The molecule has 0 aliphatic carbocycles. The van der Waals surface area contributed by atoms with Crippen molar-refractivity contribution >= 4 is 44.8 Å². The average molecular weight is 530 g/mol. The zero-order valence-electron chi connectivity index (χ0n) is 18.7. The number of amides is 1. The molecule has 0 radical (unpaired) electrons. The molecule has 8 nitrogen and oxygen atoms in total. The van der Waals surface area contributed by atoms with Gasteiger partial charge in [-0.05, 0) is 67.4 Å². The Morgan fingerprint density at radius 2 is 1.54 bits per heavy atom. The molecule has 1 aromatic heterocycles. The molecule has 0 atom stereocenters. The van der Waals surface area contributed by atoms with Crippen molar-refractivity contribution in [2.75, 3.05) is 5.32 Å². The van der Waals surface area contributed by atoms with E-state index < -0.39 is 15.6 Å². The van der Waals surface area contributed by atoms with Crippen LogP contribution in [0.4, 0.5) is 5.69 Å². The fourth-order valence-electron chi connectivity index (χ4n) is 3.36. The van der Waals surface area contributed by atoms with Crippen LogP contribution in [0.1, 0.15) is 29.9 Å². The van der Waals surface area contributed by atoms with Crippen molar-refractivity contribution in [1.82, 2.24) is 20.1 Å². The molecular weight excluding hydrogens is 509 g/mol. The minimum Gasteiger partial charge on any atom is -0.322 e. The summed E-state index contributed by atoms with van der Waals surface area (Å²) in [7, 11) is -3.79. The summed E-state index contributed by atoms with van der Waals surface area (Å²) in [5.41, 5.74) is 2.20. The molecular formula is C24H21Cl2N5O3S. The number of hydrogen-bond donors (Lipinski definition) is 3. The molecule has 0 unspecified atom stereocenters. The molecule has 0 saturated heterocycles. The van der Waals surface area contributed by atoms with E-state index in [1.807, 2.05) is 12.1 Å². The second kappa shape index (κ2) is 9.79. The molecule has 180 valence electrons. The molecule has 0 bridgehead atoms. The Bertz CT molecular complexity index is 1450. The number of H-pyrrole nitrogens is 1. The summed E-state index contributed by atoms with van der Waals surface area (Å²) in [6, 6.07) is 18.4. The van der Waals surface area contributed by atoms with Gasteiger partial charge in [0.05, 0.1) is 26.7 Å². The number of halogens is 2. The Hall–Kier alpha value is -3.24. The normalized spacial score (nSPS) is 11.9. The highest BCUT2D eigenvalue weighted by Gasteiger charge is 2.30. The first-order valence-corrected chi connectivity index (χ1v) is 12.7. The molecule has 11 heteroatoms. The second-order valence-electron chi connectivity index (χ2n) is 8.27. The van der Waals surface area contributed by atoms with Crippen LogP contribution in [0.15, 0.2) is 77.8 Å². The predicted octanol–water partition coefficient (Wildman–Crippen LogP) is 5.24. The summed E-state index contributed by atoms with van der Waals surface area (Å²) in [6.45, 7) is 3.41.